The van der Waals surface area contributed by atoms with Crippen LogP contribution in [0.1, 0.15) is 37.3 Å². The Kier molecular flexibility index (Phi) is 4.62. The number of amides is 2. The zero-order valence-electron chi connectivity index (χ0n) is 11.1. The summed E-state index contributed by atoms with van der Waals surface area (Å²) >= 11 is 0. The van der Waals surface area contributed by atoms with Crippen molar-refractivity contribution in [3.05, 3.63) is 35.4 Å². The van der Waals surface area contributed by atoms with Crippen molar-refractivity contribution in [3.8, 4) is 0 Å². The van der Waals surface area contributed by atoms with Gasteiger partial charge in [0.15, 0.2) is 0 Å². The van der Waals surface area contributed by atoms with Gasteiger partial charge in [-0.15, -0.1) is 0 Å². The molecule has 1 aliphatic heterocycles. The van der Waals surface area contributed by atoms with Gasteiger partial charge in [-0.25, -0.2) is 4.79 Å². The van der Waals surface area contributed by atoms with Gasteiger partial charge in [-0.3, -0.25) is 0 Å². The van der Waals surface area contributed by atoms with Crippen molar-refractivity contribution >= 4 is 6.03 Å². The molecule has 0 radical (unpaired) electrons. The first-order chi connectivity index (χ1) is 8.81. The van der Waals surface area contributed by atoms with E-state index in [0.29, 0.717) is 0 Å². The smallest absolute Gasteiger partial charge is 0.317 e. The number of hydrogen-bond donors (Lipinski definition) is 1. The molecule has 2 rings (SSSR count). The van der Waals surface area contributed by atoms with Gasteiger partial charge in [0.2, 0.25) is 0 Å². The molecular formula is C15H22N2O. The molecule has 0 aromatic heterocycles. The third-order valence-corrected chi connectivity index (χ3v) is 3.47. The molecule has 3 heteroatoms. The Morgan fingerprint density at radius 2 is 2.06 bits per heavy atom. The van der Waals surface area contributed by atoms with Crippen LogP contribution in [0.3, 0.4) is 0 Å². The molecule has 2 amide bonds. The van der Waals surface area contributed by atoms with Gasteiger partial charge in [-0.2, -0.15) is 0 Å². The lowest BCUT2D eigenvalue weighted by molar-refractivity contribution is 0.192. The molecule has 3 nitrogen and oxygen atoms in total. The summed E-state index contributed by atoms with van der Waals surface area (Å²) in [4.78, 5) is 13.9. The van der Waals surface area contributed by atoms with Crippen LogP contribution in [0.15, 0.2) is 24.3 Å². The van der Waals surface area contributed by atoms with Gasteiger partial charge in [0.1, 0.15) is 0 Å². The second-order valence-electron chi connectivity index (χ2n) is 4.88. The average Bonchev–Trinajstić information content (AvgIpc) is 2.43. The highest BCUT2D eigenvalue weighted by atomic mass is 16.2. The Labute approximate surface area is 109 Å². The van der Waals surface area contributed by atoms with Crippen LogP contribution in [-0.4, -0.2) is 24.0 Å². The summed E-state index contributed by atoms with van der Waals surface area (Å²) in [6.07, 6.45) is 4.42. The molecule has 0 atom stereocenters. The van der Waals surface area contributed by atoms with Gasteiger partial charge in [0, 0.05) is 19.6 Å². The van der Waals surface area contributed by atoms with Crippen molar-refractivity contribution in [2.45, 2.75) is 39.2 Å². The van der Waals surface area contributed by atoms with E-state index in [2.05, 4.69) is 30.4 Å². The minimum absolute atomic E-state index is 0.0839. The van der Waals surface area contributed by atoms with E-state index >= 15 is 0 Å². The van der Waals surface area contributed by atoms with Crippen LogP contribution < -0.4 is 5.32 Å². The SMILES string of the molecule is CCCCCNC(=O)N1CCc2ccccc2C1. The standard InChI is InChI=1S/C15H22N2O/c1-2-3-6-10-16-15(18)17-11-9-13-7-4-5-8-14(13)12-17/h4-5,7-8H,2-3,6,9-12H2,1H3,(H,16,18). The monoisotopic (exact) mass is 246 g/mol. The van der Waals surface area contributed by atoms with Crippen molar-refractivity contribution < 1.29 is 4.79 Å². The van der Waals surface area contributed by atoms with E-state index in [9.17, 15) is 4.79 Å². The average molecular weight is 246 g/mol. The maximum atomic E-state index is 12.0. The topological polar surface area (TPSA) is 32.3 Å². The molecular weight excluding hydrogens is 224 g/mol. The normalized spacial score (nSPS) is 14.2. The van der Waals surface area contributed by atoms with Gasteiger partial charge in [0.05, 0.1) is 0 Å². The lowest BCUT2D eigenvalue weighted by Gasteiger charge is -2.28. The molecule has 0 unspecified atom stereocenters. The van der Waals surface area contributed by atoms with E-state index in [1.165, 1.54) is 24.0 Å². The Hall–Kier alpha value is -1.51. The van der Waals surface area contributed by atoms with E-state index in [4.69, 9.17) is 0 Å². The molecule has 18 heavy (non-hydrogen) atoms. The molecule has 1 aromatic carbocycles. The van der Waals surface area contributed by atoms with E-state index in [1.54, 1.807) is 0 Å². The van der Waals surface area contributed by atoms with Crippen LogP contribution in [0.25, 0.3) is 0 Å². The van der Waals surface area contributed by atoms with E-state index < -0.39 is 0 Å². The fraction of sp³-hybridized carbons (Fsp3) is 0.533. The number of benzene rings is 1. The number of carbonyl (C=O) groups excluding carboxylic acids is 1. The number of hydrogen-bond acceptors (Lipinski definition) is 1. The van der Waals surface area contributed by atoms with Crippen molar-refractivity contribution in [2.24, 2.45) is 0 Å². The summed E-state index contributed by atoms with van der Waals surface area (Å²) in [5.74, 6) is 0. The highest BCUT2D eigenvalue weighted by Crippen LogP contribution is 2.18. The lowest BCUT2D eigenvalue weighted by atomic mass is 10.0. The highest BCUT2D eigenvalue weighted by Gasteiger charge is 2.19. The number of nitrogens with one attached hydrogen (secondary N) is 1. The van der Waals surface area contributed by atoms with Crippen molar-refractivity contribution in [1.29, 1.82) is 0 Å². The zero-order valence-corrected chi connectivity index (χ0v) is 11.1. The second-order valence-corrected chi connectivity index (χ2v) is 4.88. The number of unbranched alkanes of at least 4 members (excludes halogenated alkanes) is 2. The first-order valence-corrected chi connectivity index (χ1v) is 6.91. The lowest BCUT2D eigenvalue weighted by Crippen LogP contribution is -2.43. The predicted octanol–water partition coefficient (Wildman–Crippen LogP) is 2.94. The van der Waals surface area contributed by atoms with Gasteiger partial charge in [-0.1, -0.05) is 44.0 Å². The van der Waals surface area contributed by atoms with Crippen molar-refractivity contribution in [3.63, 3.8) is 0 Å². The Balaban J connectivity index is 1.83. The largest absolute Gasteiger partial charge is 0.338 e. The Morgan fingerprint density at radius 1 is 1.28 bits per heavy atom. The van der Waals surface area contributed by atoms with Crippen LogP contribution in [0.5, 0.6) is 0 Å². The zero-order chi connectivity index (χ0) is 12.8. The van der Waals surface area contributed by atoms with Crippen LogP contribution in [-0.2, 0) is 13.0 Å². The fourth-order valence-corrected chi connectivity index (χ4v) is 2.35. The summed E-state index contributed by atoms with van der Waals surface area (Å²) < 4.78 is 0. The van der Waals surface area contributed by atoms with Crippen LogP contribution >= 0.6 is 0 Å². The molecule has 0 fully saturated rings. The molecule has 1 aliphatic rings. The summed E-state index contributed by atoms with van der Waals surface area (Å²) in [5, 5.41) is 3.00. The molecule has 0 aliphatic carbocycles. The number of urea groups is 1. The summed E-state index contributed by atoms with van der Waals surface area (Å²) in [6, 6.07) is 8.47. The molecule has 0 spiro atoms. The minimum Gasteiger partial charge on any atom is -0.338 e. The molecule has 98 valence electrons. The molecule has 0 saturated carbocycles. The minimum atomic E-state index is 0.0839. The second kappa shape index (κ2) is 6.43. The van der Waals surface area contributed by atoms with Gasteiger partial charge >= 0.3 is 6.03 Å². The quantitative estimate of drug-likeness (QED) is 0.814. The molecule has 1 aromatic rings. The molecule has 1 N–H and O–H groups in total. The summed E-state index contributed by atoms with van der Waals surface area (Å²) in [7, 11) is 0. The molecule has 1 heterocycles. The highest BCUT2D eigenvalue weighted by molar-refractivity contribution is 5.74. The number of rotatable bonds is 4. The van der Waals surface area contributed by atoms with Crippen LogP contribution in [0.2, 0.25) is 0 Å². The summed E-state index contributed by atoms with van der Waals surface area (Å²) in [5.41, 5.74) is 2.67. The fourth-order valence-electron chi connectivity index (χ4n) is 2.35. The first-order valence-electron chi connectivity index (χ1n) is 6.91. The predicted molar refractivity (Wildman–Crippen MR) is 73.5 cm³/mol. The molecule has 0 bridgehead atoms. The van der Waals surface area contributed by atoms with Crippen LogP contribution in [0, 0.1) is 0 Å². The van der Waals surface area contributed by atoms with E-state index in [0.717, 1.165) is 32.5 Å². The van der Waals surface area contributed by atoms with Crippen molar-refractivity contribution in [2.75, 3.05) is 13.1 Å². The molecule has 0 saturated heterocycles. The Morgan fingerprint density at radius 3 is 2.83 bits per heavy atom. The first kappa shape index (κ1) is 12.9. The van der Waals surface area contributed by atoms with Gasteiger partial charge in [-0.05, 0) is 24.0 Å². The van der Waals surface area contributed by atoms with Gasteiger partial charge < -0.3 is 10.2 Å². The summed E-state index contributed by atoms with van der Waals surface area (Å²) in [6.45, 7) is 4.54. The maximum Gasteiger partial charge on any atom is 0.317 e. The number of fused-ring (bicyclic) bond motifs is 1. The van der Waals surface area contributed by atoms with Crippen molar-refractivity contribution in [1.82, 2.24) is 10.2 Å². The third-order valence-electron chi connectivity index (χ3n) is 3.47. The van der Waals surface area contributed by atoms with Gasteiger partial charge in [0.25, 0.3) is 0 Å². The maximum absolute atomic E-state index is 12.0. The van der Waals surface area contributed by atoms with E-state index in [1.807, 2.05) is 11.0 Å². The van der Waals surface area contributed by atoms with Crippen LogP contribution in [0.4, 0.5) is 4.79 Å². The number of carbonyl (C=O) groups is 1. The Bertz CT molecular complexity index is 403. The third kappa shape index (κ3) is 3.25. The number of nitrogens with zero attached hydrogens (tertiary/aromatic N) is 1. The van der Waals surface area contributed by atoms with E-state index in [-0.39, 0.29) is 6.03 Å².